The number of carbonyl (C=O) groups is 2. The van der Waals surface area contributed by atoms with Gasteiger partial charge in [0.1, 0.15) is 16.8 Å². The normalized spacial score (nSPS) is 18.9. The number of nitrogens with two attached hydrogens (primary N) is 1. The van der Waals surface area contributed by atoms with Crippen molar-refractivity contribution in [3.05, 3.63) is 23.4 Å². The van der Waals surface area contributed by atoms with Crippen molar-refractivity contribution in [3.63, 3.8) is 0 Å². The van der Waals surface area contributed by atoms with E-state index in [2.05, 4.69) is 15.6 Å². The molecule has 1 unspecified atom stereocenters. The fraction of sp³-hybridized carbons (Fsp3) is 0.333. The summed E-state index contributed by atoms with van der Waals surface area (Å²) in [5.41, 5.74) is 7.02. The first-order valence-corrected chi connectivity index (χ1v) is 6.25. The van der Waals surface area contributed by atoms with E-state index in [-0.39, 0.29) is 16.8 Å². The van der Waals surface area contributed by atoms with Crippen LogP contribution in [0.2, 0.25) is 0 Å². The van der Waals surface area contributed by atoms with E-state index < -0.39 is 6.04 Å². The van der Waals surface area contributed by atoms with Crippen LogP contribution in [0.5, 0.6) is 0 Å². The molecule has 100 valence electrons. The molecule has 4 N–H and O–H groups in total. The van der Waals surface area contributed by atoms with Gasteiger partial charge in [-0.25, -0.2) is 4.98 Å². The molecule has 1 aromatic heterocycles. The minimum Gasteiger partial charge on any atom is -0.389 e. The number of amides is 2. The SMILES string of the molecule is Cc1cc(C(N)=S)cc(NC2CCC(=O)NC2=O)n1. The third-order valence-corrected chi connectivity index (χ3v) is 3.03. The number of nitrogens with zero attached hydrogens (tertiary/aromatic N) is 1. The summed E-state index contributed by atoms with van der Waals surface area (Å²) in [5, 5.41) is 5.28. The maximum atomic E-state index is 11.6. The van der Waals surface area contributed by atoms with Gasteiger partial charge in [-0.2, -0.15) is 0 Å². The molecular formula is C12H14N4O2S. The number of pyridine rings is 1. The third kappa shape index (κ3) is 3.25. The number of rotatable bonds is 3. The molecule has 2 rings (SSSR count). The fourth-order valence-corrected chi connectivity index (χ4v) is 2.01. The van der Waals surface area contributed by atoms with Gasteiger partial charge in [-0.15, -0.1) is 0 Å². The van der Waals surface area contributed by atoms with E-state index in [9.17, 15) is 9.59 Å². The Bertz CT molecular complexity index is 559. The molecule has 0 bridgehead atoms. The highest BCUT2D eigenvalue weighted by Gasteiger charge is 2.26. The second kappa shape index (κ2) is 5.31. The minimum atomic E-state index is -0.466. The highest BCUT2D eigenvalue weighted by atomic mass is 32.1. The van der Waals surface area contributed by atoms with E-state index >= 15 is 0 Å². The van der Waals surface area contributed by atoms with Crippen LogP contribution >= 0.6 is 12.2 Å². The van der Waals surface area contributed by atoms with Crippen LogP contribution in [0.15, 0.2) is 12.1 Å². The summed E-state index contributed by atoms with van der Waals surface area (Å²) in [4.78, 5) is 27.2. The molecule has 0 aliphatic carbocycles. The fourth-order valence-electron chi connectivity index (χ4n) is 1.89. The van der Waals surface area contributed by atoms with Gasteiger partial charge in [-0.1, -0.05) is 12.2 Å². The first-order valence-electron chi connectivity index (χ1n) is 5.84. The van der Waals surface area contributed by atoms with Crippen LogP contribution in [-0.4, -0.2) is 27.8 Å². The Morgan fingerprint density at radius 3 is 2.89 bits per heavy atom. The number of aryl methyl sites for hydroxylation is 1. The van der Waals surface area contributed by atoms with Crippen molar-refractivity contribution in [2.45, 2.75) is 25.8 Å². The molecule has 1 aliphatic rings. The number of aromatic nitrogens is 1. The zero-order chi connectivity index (χ0) is 14.0. The monoisotopic (exact) mass is 278 g/mol. The van der Waals surface area contributed by atoms with Crippen molar-refractivity contribution < 1.29 is 9.59 Å². The molecule has 2 amide bonds. The number of hydrogen-bond donors (Lipinski definition) is 3. The Kier molecular flexibility index (Phi) is 3.75. The maximum absolute atomic E-state index is 11.6. The van der Waals surface area contributed by atoms with Crippen molar-refractivity contribution in [3.8, 4) is 0 Å². The lowest BCUT2D eigenvalue weighted by Crippen LogP contribution is -2.47. The summed E-state index contributed by atoms with van der Waals surface area (Å²) in [5.74, 6) is -0.0576. The van der Waals surface area contributed by atoms with Gasteiger partial charge in [0.15, 0.2) is 0 Å². The minimum absolute atomic E-state index is 0.246. The lowest BCUT2D eigenvalue weighted by atomic mass is 10.1. The summed E-state index contributed by atoms with van der Waals surface area (Å²) in [6.45, 7) is 1.82. The molecule has 2 heterocycles. The molecule has 1 aromatic rings. The molecule has 1 atom stereocenters. The van der Waals surface area contributed by atoms with Crippen molar-refractivity contribution in [1.29, 1.82) is 0 Å². The average molecular weight is 278 g/mol. The number of thiocarbonyl (C=S) groups is 1. The summed E-state index contributed by atoms with van der Waals surface area (Å²) in [6, 6.07) is 3.00. The smallest absolute Gasteiger partial charge is 0.249 e. The van der Waals surface area contributed by atoms with Gasteiger partial charge < -0.3 is 11.1 Å². The zero-order valence-electron chi connectivity index (χ0n) is 10.4. The van der Waals surface area contributed by atoms with Crippen molar-refractivity contribution in [1.82, 2.24) is 10.3 Å². The highest BCUT2D eigenvalue weighted by Crippen LogP contribution is 2.14. The van der Waals surface area contributed by atoms with Crippen LogP contribution in [-0.2, 0) is 9.59 Å². The molecule has 0 spiro atoms. The Balaban J connectivity index is 2.17. The van der Waals surface area contributed by atoms with Crippen LogP contribution in [0.4, 0.5) is 5.82 Å². The summed E-state index contributed by atoms with van der Waals surface area (Å²) in [6.07, 6.45) is 0.764. The Morgan fingerprint density at radius 1 is 1.53 bits per heavy atom. The van der Waals surface area contributed by atoms with Crippen molar-refractivity contribution in [2.24, 2.45) is 5.73 Å². The second-order valence-corrected chi connectivity index (χ2v) is 4.83. The molecular weight excluding hydrogens is 264 g/mol. The summed E-state index contributed by atoms with van der Waals surface area (Å²) in [7, 11) is 0. The van der Waals surface area contributed by atoms with Crippen molar-refractivity contribution >= 4 is 34.8 Å². The second-order valence-electron chi connectivity index (χ2n) is 4.39. The van der Waals surface area contributed by atoms with Gasteiger partial charge >= 0.3 is 0 Å². The quantitative estimate of drug-likeness (QED) is 0.541. The summed E-state index contributed by atoms with van der Waals surface area (Å²) >= 11 is 4.92. The third-order valence-electron chi connectivity index (χ3n) is 2.80. The molecule has 1 aliphatic heterocycles. The van der Waals surface area contributed by atoms with Gasteiger partial charge in [0.05, 0.1) is 0 Å². The standard InChI is InChI=1S/C12H14N4O2S/c1-6-4-7(11(13)19)5-9(14-6)15-8-2-3-10(17)16-12(8)18/h4-5,8H,2-3H2,1H3,(H2,13,19)(H,14,15)(H,16,17,18). The molecule has 19 heavy (non-hydrogen) atoms. The van der Waals surface area contributed by atoms with E-state index in [0.29, 0.717) is 24.2 Å². The number of carbonyl (C=O) groups excluding carboxylic acids is 2. The van der Waals surface area contributed by atoms with E-state index in [4.69, 9.17) is 18.0 Å². The Hall–Kier alpha value is -2.02. The van der Waals surface area contributed by atoms with E-state index in [1.54, 1.807) is 12.1 Å². The van der Waals surface area contributed by atoms with Crippen LogP contribution in [0, 0.1) is 6.92 Å². The van der Waals surface area contributed by atoms with Gasteiger partial charge in [0.2, 0.25) is 11.8 Å². The molecule has 7 heteroatoms. The lowest BCUT2D eigenvalue weighted by Gasteiger charge is -2.22. The number of anilines is 1. The summed E-state index contributed by atoms with van der Waals surface area (Å²) < 4.78 is 0. The van der Waals surface area contributed by atoms with E-state index in [0.717, 1.165) is 5.69 Å². The number of piperidine rings is 1. The van der Waals surface area contributed by atoms with Gasteiger partial charge in [-0.05, 0) is 25.5 Å². The van der Waals surface area contributed by atoms with E-state index in [1.807, 2.05) is 6.92 Å². The predicted octanol–water partition coefficient (Wildman–Crippen LogP) is 0.241. The van der Waals surface area contributed by atoms with Crippen LogP contribution in [0.3, 0.4) is 0 Å². The Labute approximate surface area is 115 Å². The first kappa shape index (κ1) is 13.4. The van der Waals surface area contributed by atoms with Gasteiger partial charge in [0.25, 0.3) is 0 Å². The lowest BCUT2D eigenvalue weighted by molar-refractivity contribution is -0.133. The largest absolute Gasteiger partial charge is 0.389 e. The van der Waals surface area contributed by atoms with Crippen LogP contribution < -0.4 is 16.4 Å². The maximum Gasteiger partial charge on any atom is 0.249 e. The zero-order valence-corrected chi connectivity index (χ0v) is 11.2. The predicted molar refractivity (Wildman–Crippen MR) is 74.7 cm³/mol. The highest BCUT2D eigenvalue weighted by molar-refractivity contribution is 7.80. The topological polar surface area (TPSA) is 97.1 Å². The molecule has 0 aromatic carbocycles. The van der Waals surface area contributed by atoms with Crippen LogP contribution in [0.1, 0.15) is 24.1 Å². The molecule has 1 saturated heterocycles. The Morgan fingerprint density at radius 2 is 2.26 bits per heavy atom. The van der Waals surface area contributed by atoms with Gasteiger partial charge in [-0.3, -0.25) is 14.9 Å². The number of hydrogen-bond acceptors (Lipinski definition) is 5. The molecule has 0 saturated carbocycles. The molecule has 1 fully saturated rings. The van der Waals surface area contributed by atoms with Crippen molar-refractivity contribution in [2.75, 3.05) is 5.32 Å². The number of nitrogens with one attached hydrogen (secondary N) is 2. The molecule has 6 nitrogen and oxygen atoms in total. The molecule has 0 radical (unpaired) electrons. The average Bonchev–Trinajstić information content (AvgIpc) is 2.32. The van der Waals surface area contributed by atoms with Crippen LogP contribution in [0.25, 0.3) is 0 Å². The van der Waals surface area contributed by atoms with Gasteiger partial charge in [0, 0.05) is 17.7 Å². The first-order chi connectivity index (χ1) is 8.95. The number of imide groups is 1. The van der Waals surface area contributed by atoms with E-state index in [1.165, 1.54) is 0 Å².